The standard InChI is InChI=1S/C22H25N3O2/c1-4-27-21-13-9-8-12-20(21)24-15-19(14-23)22(26)25(17(2)3)16-18-10-6-5-7-11-18/h5-13,15,17,24H,4,16H2,1-3H3/b19-15-. The minimum Gasteiger partial charge on any atom is -0.492 e. The Balaban J connectivity index is 2.20. The largest absolute Gasteiger partial charge is 0.492 e. The van der Waals surface area contributed by atoms with Crippen LogP contribution in [0.25, 0.3) is 0 Å². The van der Waals surface area contributed by atoms with E-state index in [0.717, 1.165) is 5.56 Å². The van der Waals surface area contributed by atoms with Crippen molar-refractivity contribution in [1.82, 2.24) is 4.90 Å². The topological polar surface area (TPSA) is 65.4 Å². The van der Waals surface area contributed by atoms with Crippen molar-refractivity contribution < 1.29 is 9.53 Å². The van der Waals surface area contributed by atoms with Gasteiger partial charge in [-0.15, -0.1) is 0 Å². The number of benzene rings is 2. The van der Waals surface area contributed by atoms with Gasteiger partial charge in [-0.3, -0.25) is 4.79 Å². The molecule has 0 saturated carbocycles. The highest BCUT2D eigenvalue weighted by molar-refractivity contribution is 5.97. The number of hydrogen-bond donors (Lipinski definition) is 1. The summed E-state index contributed by atoms with van der Waals surface area (Å²) in [6.45, 7) is 6.76. The fourth-order valence-corrected chi connectivity index (χ4v) is 2.58. The van der Waals surface area contributed by atoms with Crippen molar-refractivity contribution >= 4 is 11.6 Å². The number of anilines is 1. The van der Waals surface area contributed by atoms with Crippen molar-refractivity contribution in [3.63, 3.8) is 0 Å². The van der Waals surface area contributed by atoms with Gasteiger partial charge in [0.25, 0.3) is 5.91 Å². The van der Waals surface area contributed by atoms with Gasteiger partial charge >= 0.3 is 0 Å². The highest BCUT2D eigenvalue weighted by Crippen LogP contribution is 2.24. The predicted molar refractivity (Wildman–Crippen MR) is 107 cm³/mol. The Morgan fingerprint density at radius 1 is 1.19 bits per heavy atom. The highest BCUT2D eigenvalue weighted by Gasteiger charge is 2.21. The summed E-state index contributed by atoms with van der Waals surface area (Å²) in [6.07, 6.45) is 1.44. The van der Waals surface area contributed by atoms with Gasteiger partial charge in [-0.25, -0.2) is 0 Å². The van der Waals surface area contributed by atoms with E-state index in [1.807, 2.05) is 81.4 Å². The summed E-state index contributed by atoms with van der Waals surface area (Å²) in [6, 6.07) is 19.1. The molecule has 0 radical (unpaired) electrons. The molecule has 5 heteroatoms. The summed E-state index contributed by atoms with van der Waals surface area (Å²) in [5, 5.41) is 12.5. The zero-order valence-corrected chi connectivity index (χ0v) is 16.0. The summed E-state index contributed by atoms with van der Waals surface area (Å²) < 4.78 is 5.56. The van der Waals surface area contributed by atoms with Crippen LogP contribution in [0.2, 0.25) is 0 Å². The Kier molecular flexibility index (Phi) is 7.45. The second kappa shape index (κ2) is 10.0. The number of carbonyl (C=O) groups excluding carboxylic acids is 1. The monoisotopic (exact) mass is 363 g/mol. The molecule has 0 fully saturated rings. The van der Waals surface area contributed by atoms with Crippen LogP contribution in [0.1, 0.15) is 26.3 Å². The van der Waals surface area contributed by atoms with E-state index in [1.165, 1.54) is 6.20 Å². The third-order valence-corrected chi connectivity index (χ3v) is 3.99. The smallest absolute Gasteiger partial charge is 0.266 e. The second-order valence-electron chi connectivity index (χ2n) is 6.26. The van der Waals surface area contributed by atoms with E-state index in [1.54, 1.807) is 4.90 Å². The third-order valence-electron chi connectivity index (χ3n) is 3.99. The molecule has 2 aromatic carbocycles. The molecular formula is C22H25N3O2. The molecule has 0 unspecified atom stereocenters. The maximum atomic E-state index is 12.9. The first-order valence-electron chi connectivity index (χ1n) is 9.00. The molecule has 0 spiro atoms. The van der Waals surface area contributed by atoms with E-state index in [-0.39, 0.29) is 17.5 Å². The number of rotatable bonds is 8. The maximum absolute atomic E-state index is 12.9. The molecule has 0 aliphatic heterocycles. The molecular weight excluding hydrogens is 338 g/mol. The summed E-state index contributed by atoms with van der Waals surface area (Å²) in [5.41, 5.74) is 1.77. The van der Waals surface area contributed by atoms with Gasteiger partial charge < -0.3 is 15.0 Å². The molecule has 0 bridgehead atoms. The van der Waals surface area contributed by atoms with Gasteiger partial charge in [-0.1, -0.05) is 42.5 Å². The number of nitriles is 1. The van der Waals surface area contributed by atoms with Crippen molar-refractivity contribution in [3.8, 4) is 11.8 Å². The highest BCUT2D eigenvalue weighted by atomic mass is 16.5. The van der Waals surface area contributed by atoms with Gasteiger partial charge in [-0.05, 0) is 38.5 Å². The molecule has 0 saturated heterocycles. The summed E-state index contributed by atoms with van der Waals surface area (Å²) >= 11 is 0. The average Bonchev–Trinajstić information content (AvgIpc) is 2.68. The Morgan fingerprint density at radius 2 is 1.85 bits per heavy atom. The molecule has 140 valence electrons. The first kappa shape index (κ1) is 20.1. The van der Waals surface area contributed by atoms with Crippen molar-refractivity contribution in [2.75, 3.05) is 11.9 Å². The van der Waals surface area contributed by atoms with Crippen molar-refractivity contribution in [2.24, 2.45) is 0 Å². The fraction of sp³-hybridized carbons (Fsp3) is 0.273. The molecule has 5 nitrogen and oxygen atoms in total. The van der Waals surface area contributed by atoms with Crippen LogP contribution in [-0.4, -0.2) is 23.5 Å². The fourth-order valence-electron chi connectivity index (χ4n) is 2.58. The predicted octanol–water partition coefficient (Wildman–Crippen LogP) is 4.34. The lowest BCUT2D eigenvalue weighted by atomic mass is 10.1. The number of ether oxygens (including phenoxy) is 1. The van der Waals surface area contributed by atoms with Crippen LogP contribution in [0, 0.1) is 11.3 Å². The summed E-state index contributed by atoms with van der Waals surface area (Å²) in [4.78, 5) is 14.6. The summed E-state index contributed by atoms with van der Waals surface area (Å²) in [5.74, 6) is 0.365. The van der Waals surface area contributed by atoms with E-state index >= 15 is 0 Å². The zero-order chi connectivity index (χ0) is 19.6. The van der Waals surface area contributed by atoms with Crippen molar-refractivity contribution in [2.45, 2.75) is 33.4 Å². The number of nitrogens with zero attached hydrogens (tertiary/aromatic N) is 2. The van der Waals surface area contributed by atoms with Crippen LogP contribution in [0.3, 0.4) is 0 Å². The first-order valence-corrected chi connectivity index (χ1v) is 9.00. The number of nitrogens with one attached hydrogen (secondary N) is 1. The van der Waals surface area contributed by atoms with Gasteiger partial charge in [0.2, 0.25) is 0 Å². The Morgan fingerprint density at radius 3 is 2.48 bits per heavy atom. The molecule has 1 N–H and O–H groups in total. The van der Waals surface area contributed by atoms with Gasteiger partial charge in [0.1, 0.15) is 17.4 Å². The lowest BCUT2D eigenvalue weighted by Crippen LogP contribution is -2.37. The molecule has 0 heterocycles. The van der Waals surface area contributed by atoms with E-state index in [4.69, 9.17) is 4.74 Å². The van der Waals surface area contributed by atoms with Gasteiger partial charge in [-0.2, -0.15) is 5.26 Å². The minimum atomic E-state index is -0.308. The first-order chi connectivity index (χ1) is 13.1. The zero-order valence-electron chi connectivity index (χ0n) is 16.0. The molecule has 0 aromatic heterocycles. The Hall–Kier alpha value is -3.26. The van der Waals surface area contributed by atoms with Gasteiger partial charge in [0, 0.05) is 18.8 Å². The lowest BCUT2D eigenvalue weighted by Gasteiger charge is -2.26. The molecule has 0 aliphatic carbocycles. The molecule has 2 aromatic rings. The Labute approximate surface area is 160 Å². The molecule has 2 rings (SSSR count). The van der Waals surface area contributed by atoms with Crippen LogP contribution < -0.4 is 10.1 Å². The SMILES string of the molecule is CCOc1ccccc1N/C=C(/C#N)C(=O)N(Cc1ccccc1)C(C)C. The van der Waals surface area contributed by atoms with E-state index in [2.05, 4.69) is 5.32 Å². The van der Waals surface area contributed by atoms with Gasteiger partial charge in [0.15, 0.2) is 0 Å². The van der Waals surface area contributed by atoms with Crippen LogP contribution in [0.5, 0.6) is 5.75 Å². The van der Waals surface area contributed by atoms with E-state index in [0.29, 0.717) is 24.6 Å². The number of carbonyl (C=O) groups is 1. The molecule has 27 heavy (non-hydrogen) atoms. The van der Waals surface area contributed by atoms with E-state index in [9.17, 15) is 10.1 Å². The van der Waals surface area contributed by atoms with Crippen LogP contribution in [-0.2, 0) is 11.3 Å². The van der Waals surface area contributed by atoms with E-state index < -0.39 is 0 Å². The average molecular weight is 363 g/mol. The summed E-state index contributed by atoms with van der Waals surface area (Å²) in [7, 11) is 0. The normalized spacial score (nSPS) is 11.0. The number of amides is 1. The lowest BCUT2D eigenvalue weighted by molar-refractivity contribution is -0.129. The maximum Gasteiger partial charge on any atom is 0.266 e. The van der Waals surface area contributed by atoms with Crippen LogP contribution >= 0.6 is 0 Å². The molecule has 0 aliphatic rings. The quantitative estimate of drug-likeness (QED) is 0.560. The third kappa shape index (κ3) is 5.61. The molecule has 0 atom stereocenters. The Bertz CT molecular complexity index is 823. The van der Waals surface area contributed by atoms with Crippen molar-refractivity contribution in [1.29, 1.82) is 5.26 Å². The van der Waals surface area contributed by atoms with Crippen LogP contribution in [0.4, 0.5) is 5.69 Å². The second-order valence-corrected chi connectivity index (χ2v) is 6.26. The minimum absolute atomic E-state index is 0.0369. The van der Waals surface area contributed by atoms with Gasteiger partial charge in [0.05, 0.1) is 12.3 Å². The number of para-hydroxylation sites is 2. The molecule has 1 amide bonds. The van der Waals surface area contributed by atoms with Crippen molar-refractivity contribution in [3.05, 3.63) is 71.9 Å². The number of hydrogen-bond acceptors (Lipinski definition) is 4. The van der Waals surface area contributed by atoms with Crippen LogP contribution in [0.15, 0.2) is 66.4 Å².